The number of rotatable bonds is 6. The molecule has 0 aromatic heterocycles. The van der Waals surface area contributed by atoms with Gasteiger partial charge in [0.2, 0.25) is 5.91 Å². The topological polar surface area (TPSA) is 46.3 Å². The van der Waals surface area contributed by atoms with Crippen molar-refractivity contribution in [3.63, 3.8) is 0 Å². The van der Waals surface area contributed by atoms with Gasteiger partial charge in [0, 0.05) is 13.0 Å². The average Bonchev–Trinajstić information content (AvgIpc) is 2.37. The Hall–Kier alpha value is -0.780. The Labute approximate surface area is 118 Å². The molecule has 0 atom stereocenters. The van der Waals surface area contributed by atoms with E-state index in [0.717, 1.165) is 30.6 Å². The lowest BCUT2D eigenvalue weighted by atomic mass is 9.80. The second-order valence-corrected chi connectivity index (χ2v) is 5.76. The fourth-order valence-corrected chi connectivity index (χ4v) is 2.83. The second-order valence-electron chi connectivity index (χ2n) is 5.76. The number of nitrogens with two attached hydrogens (primary N) is 1. The highest BCUT2D eigenvalue weighted by Crippen LogP contribution is 2.31. The summed E-state index contributed by atoms with van der Waals surface area (Å²) in [6, 6.07) is 0. The lowest BCUT2D eigenvalue weighted by Gasteiger charge is -2.30. The Morgan fingerprint density at radius 2 is 1.75 bits per heavy atom. The van der Waals surface area contributed by atoms with Crippen molar-refractivity contribution in [2.45, 2.75) is 51.6 Å². The molecule has 0 aliphatic heterocycles. The van der Waals surface area contributed by atoms with Gasteiger partial charge >= 0.3 is 6.18 Å². The number of nitrogens with zero attached hydrogens (tertiary/aromatic N) is 1. The summed E-state index contributed by atoms with van der Waals surface area (Å²) in [6.45, 7) is 1.49. The van der Waals surface area contributed by atoms with Crippen molar-refractivity contribution < 1.29 is 18.0 Å². The van der Waals surface area contributed by atoms with Gasteiger partial charge < -0.3 is 10.6 Å². The summed E-state index contributed by atoms with van der Waals surface area (Å²) >= 11 is 0. The Bertz CT molecular complexity index is 299. The van der Waals surface area contributed by atoms with E-state index in [0.29, 0.717) is 18.9 Å². The molecule has 1 rings (SSSR count). The van der Waals surface area contributed by atoms with E-state index >= 15 is 0 Å². The van der Waals surface area contributed by atoms with Crippen LogP contribution in [-0.4, -0.2) is 36.6 Å². The van der Waals surface area contributed by atoms with Crippen LogP contribution < -0.4 is 5.73 Å². The zero-order valence-corrected chi connectivity index (χ0v) is 12.1. The highest BCUT2D eigenvalue weighted by molar-refractivity contribution is 5.76. The van der Waals surface area contributed by atoms with Gasteiger partial charge in [0.1, 0.15) is 6.54 Å². The molecule has 0 aromatic carbocycles. The SMILES string of the molecule is CCCN(CC(F)(F)F)C(=O)CC1CCC(CN)CC1. The van der Waals surface area contributed by atoms with Gasteiger partial charge in [-0.2, -0.15) is 13.2 Å². The Morgan fingerprint density at radius 3 is 2.20 bits per heavy atom. The summed E-state index contributed by atoms with van der Waals surface area (Å²) in [5.74, 6) is 0.376. The maximum Gasteiger partial charge on any atom is 0.406 e. The van der Waals surface area contributed by atoms with E-state index in [1.165, 1.54) is 0 Å². The van der Waals surface area contributed by atoms with E-state index in [4.69, 9.17) is 5.73 Å². The molecule has 0 aromatic rings. The molecule has 1 aliphatic rings. The number of hydrogen-bond donors (Lipinski definition) is 1. The summed E-state index contributed by atoms with van der Waals surface area (Å²) in [5.41, 5.74) is 5.61. The summed E-state index contributed by atoms with van der Waals surface area (Å²) in [7, 11) is 0. The van der Waals surface area contributed by atoms with Crippen molar-refractivity contribution in [1.82, 2.24) is 4.90 Å². The molecule has 0 bridgehead atoms. The van der Waals surface area contributed by atoms with Gasteiger partial charge in [0.05, 0.1) is 0 Å². The third kappa shape index (κ3) is 6.11. The van der Waals surface area contributed by atoms with Gasteiger partial charge in [-0.1, -0.05) is 6.92 Å². The maximum atomic E-state index is 12.5. The summed E-state index contributed by atoms with van der Waals surface area (Å²) < 4.78 is 37.4. The molecule has 2 N–H and O–H groups in total. The van der Waals surface area contributed by atoms with E-state index in [-0.39, 0.29) is 24.8 Å². The molecule has 6 heteroatoms. The minimum absolute atomic E-state index is 0.177. The lowest BCUT2D eigenvalue weighted by molar-refractivity contribution is -0.162. The van der Waals surface area contributed by atoms with E-state index < -0.39 is 12.7 Å². The Kier molecular flexibility index (Phi) is 6.79. The van der Waals surface area contributed by atoms with Crippen LogP contribution in [0.3, 0.4) is 0 Å². The van der Waals surface area contributed by atoms with Crippen LogP contribution in [0.2, 0.25) is 0 Å². The third-order valence-corrected chi connectivity index (χ3v) is 3.98. The van der Waals surface area contributed by atoms with Crippen molar-refractivity contribution >= 4 is 5.91 Å². The molecule has 0 spiro atoms. The van der Waals surface area contributed by atoms with E-state index in [2.05, 4.69) is 0 Å². The van der Waals surface area contributed by atoms with Gasteiger partial charge in [-0.15, -0.1) is 0 Å². The van der Waals surface area contributed by atoms with Crippen molar-refractivity contribution in [3.8, 4) is 0 Å². The van der Waals surface area contributed by atoms with Gasteiger partial charge in [-0.05, 0) is 50.5 Å². The van der Waals surface area contributed by atoms with Gasteiger partial charge in [0.15, 0.2) is 0 Å². The van der Waals surface area contributed by atoms with E-state index in [9.17, 15) is 18.0 Å². The molecule has 1 fully saturated rings. The summed E-state index contributed by atoms with van der Waals surface area (Å²) in [6.07, 6.45) is 0.249. The van der Waals surface area contributed by atoms with Crippen LogP contribution >= 0.6 is 0 Å². The quantitative estimate of drug-likeness (QED) is 0.818. The predicted octanol–water partition coefficient (Wildman–Crippen LogP) is 2.94. The van der Waals surface area contributed by atoms with Crippen molar-refractivity contribution in [2.75, 3.05) is 19.6 Å². The standard InChI is InChI=1S/C14H25F3N2O/c1-2-7-19(10-14(15,16)17)13(20)8-11-3-5-12(9-18)6-4-11/h11-12H,2-10,18H2,1H3. The Balaban J connectivity index is 2.46. The normalized spacial score (nSPS) is 23.6. The fourth-order valence-electron chi connectivity index (χ4n) is 2.83. The van der Waals surface area contributed by atoms with Crippen molar-refractivity contribution in [3.05, 3.63) is 0 Å². The molecule has 0 saturated heterocycles. The molecule has 0 radical (unpaired) electrons. The van der Waals surface area contributed by atoms with Gasteiger partial charge in [-0.3, -0.25) is 4.79 Å². The molecule has 3 nitrogen and oxygen atoms in total. The Morgan fingerprint density at radius 1 is 1.20 bits per heavy atom. The smallest absolute Gasteiger partial charge is 0.334 e. The maximum absolute atomic E-state index is 12.5. The van der Waals surface area contributed by atoms with Crippen LogP contribution in [0.4, 0.5) is 13.2 Å². The first-order chi connectivity index (χ1) is 9.35. The molecule has 1 amide bonds. The molecule has 0 heterocycles. The molecule has 118 valence electrons. The van der Waals surface area contributed by atoms with Crippen LogP contribution in [0.15, 0.2) is 0 Å². The summed E-state index contributed by atoms with van der Waals surface area (Å²) in [5, 5.41) is 0. The zero-order valence-electron chi connectivity index (χ0n) is 12.1. The highest BCUT2D eigenvalue weighted by atomic mass is 19.4. The monoisotopic (exact) mass is 294 g/mol. The van der Waals surface area contributed by atoms with Crippen LogP contribution in [-0.2, 0) is 4.79 Å². The van der Waals surface area contributed by atoms with E-state index in [1.54, 1.807) is 6.92 Å². The van der Waals surface area contributed by atoms with Crippen molar-refractivity contribution in [2.24, 2.45) is 17.6 Å². The first-order valence-corrected chi connectivity index (χ1v) is 7.40. The van der Waals surface area contributed by atoms with E-state index in [1.807, 2.05) is 0 Å². The molecular weight excluding hydrogens is 269 g/mol. The second kappa shape index (κ2) is 7.86. The molecule has 1 aliphatic carbocycles. The van der Waals surface area contributed by atoms with Crippen LogP contribution in [0.25, 0.3) is 0 Å². The third-order valence-electron chi connectivity index (χ3n) is 3.98. The predicted molar refractivity (Wildman–Crippen MR) is 72.0 cm³/mol. The average molecular weight is 294 g/mol. The number of hydrogen-bond acceptors (Lipinski definition) is 2. The number of alkyl halides is 3. The number of carbonyl (C=O) groups is 1. The van der Waals surface area contributed by atoms with Gasteiger partial charge in [0.25, 0.3) is 0 Å². The van der Waals surface area contributed by atoms with Gasteiger partial charge in [-0.25, -0.2) is 0 Å². The fraction of sp³-hybridized carbons (Fsp3) is 0.929. The molecule has 0 unspecified atom stereocenters. The number of carbonyl (C=O) groups excluding carboxylic acids is 1. The minimum Gasteiger partial charge on any atom is -0.334 e. The largest absolute Gasteiger partial charge is 0.406 e. The molecule has 1 saturated carbocycles. The lowest BCUT2D eigenvalue weighted by Crippen LogP contribution is -2.40. The summed E-state index contributed by atoms with van der Waals surface area (Å²) in [4.78, 5) is 13.0. The number of amides is 1. The van der Waals surface area contributed by atoms with Crippen LogP contribution in [0.1, 0.15) is 45.4 Å². The number of halogens is 3. The first-order valence-electron chi connectivity index (χ1n) is 7.40. The highest BCUT2D eigenvalue weighted by Gasteiger charge is 2.33. The first kappa shape index (κ1) is 17.3. The van der Waals surface area contributed by atoms with Crippen LogP contribution in [0.5, 0.6) is 0 Å². The van der Waals surface area contributed by atoms with Crippen LogP contribution in [0, 0.1) is 11.8 Å². The molecular formula is C14H25F3N2O. The van der Waals surface area contributed by atoms with Crippen molar-refractivity contribution in [1.29, 1.82) is 0 Å². The minimum atomic E-state index is -4.32. The zero-order chi connectivity index (χ0) is 15.2. The molecule has 20 heavy (non-hydrogen) atoms.